The van der Waals surface area contributed by atoms with Crippen molar-refractivity contribution in [3.63, 3.8) is 0 Å². The number of ether oxygens (including phenoxy) is 1. The van der Waals surface area contributed by atoms with E-state index in [2.05, 4.69) is 51.9 Å². The monoisotopic (exact) mass is 379 g/mol. The van der Waals surface area contributed by atoms with Gasteiger partial charge in [-0.15, -0.1) is 0 Å². The molecule has 2 aromatic carbocycles. The third kappa shape index (κ3) is 4.47. The van der Waals surface area contributed by atoms with Crippen molar-refractivity contribution in [3.05, 3.63) is 48.5 Å². The molecule has 2 aliphatic rings. The van der Waals surface area contributed by atoms with Gasteiger partial charge < -0.3 is 20.3 Å². The summed E-state index contributed by atoms with van der Waals surface area (Å²) in [6.45, 7) is 2.99. The second-order valence-electron chi connectivity index (χ2n) is 7.75. The van der Waals surface area contributed by atoms with E-state index in [4.69, 9.17) is 4.74 Å². The highest BCUT2D eigenvalue weighted by molar-refractivity contribution is 5.78. The van der Waals surface area contributed by atoms with E-state index in [0.29, 0.717) is 18.5 Å². The number of anilines is 1. The molecule has 0 aliphatic carbocycles. The number of methoxy groups -OCH3 is 1. The van der Waals surface area contributed by atoms with Crippen molar-refractivity contribution in [2.75, 3.05) is 31.6 Å². The molecule has 0 saturated carbocycles. The van der Waals surface area contributed by atoms with E-state index in [1.54, 1.807) is 7.11 Å². The Morgan fingerprint density at radius 3 is 2.54 bits per heavy atom. The Morgan fingerprint density at radius 2 is 1.82 bits per heavy atom. The molecule has 5 nitrogen and oxygen atoms in total. The maximum absolute atomic E-state index is 11.3. The zero-order valence-electron chi connectivity index (χ0n) is 16.5. The minimum absolute atomic E-state index is 0.192. The summed E-state index contributed by atoms with van der Waals surface area (Å²) in [5.74, 6) is 1.07. The molecule has 1 amide bonds. The highest BCUT2D eigenvalue weighted by Gasteiger charge is 2.23. The van der Waals surface area contributed by atoms with E-state index in [-0.39, 0.29) is 5.91 Å². The van der Waals surface area contributed by atoms with Crippen LogP contribution in [0, 0.1) is 0 Å². The summed E-state index contributed by atoms with van der Waals surface area (Å²) in [6, 6.07) is 17.8. The number of carbonyl (C=O) groups is 1. The lowest BCUT2D eigenvalue weighted by molar-refractivity contribution is -0.119. The number of piperidine rings is 1. The molecule has 0 radical (unpaired) electrons. The third-order valence-electron chi connectivity index (χ3n) is 5.85. The Bertz CT molecular complexity index is 815. The van der Waals surface area contributed by atoms with Crippen LogP contribution in [0.3, 0.4) is 0 Å². The molecule has 2 heterocycles. The van der Waals surface area contributed by atoms with Gasteiger partial charge in [0.05, 0.1) is 7.11 Å². The number of hydrogen-bond acceptors (Lipinski definition) is 4. The Morgan fingerprint density at radius 1 is 1.07 bits per heavy atom. The normalized spacial score (nSPS) is 20.2. The molecule has 2 aliphatic heterocycles. The van der Waals surface area contributed by atoms with Crippen LogP contribution >= 0.6 is 0 Å². The van der Waals surface area contributed by atoms with E-state index in [1.807, 2.05) is 12.1 Å². The molecule has 0 aromatic heterocycles. The molecule has 1 unspecified atom stereocenters. The van der Waals surface area contributed by atoms with Crippen molar-refractivity contribution in [2.24, 2.45) is 0 Å². The molecule has 0 spiro atoms. The molecule has 2 saturated heterocycles. The van der Waals surface area contributed by atoms with Crippen molar-refractivity contribution in [1.82, 2.24) is 10.6 Å². The lowest BCUT2D eigenvalue weighted by atomic mass is 10.0. The summed E-state index contributed by atoms with van der Waals surface area (Å²) in [4.78, 5) is 13.8. The Labute approximate surface area is 167 Å². The zero-order valence-corrected chi connectivity index (χ0v) is 16.5. The van der Waals surface area contributed by atoms with Crippen LogP contribution in [0.4, 0.5) is 5.69 Å². The van der Waals surface area contributed by atoms with Gasteiger partial charge in [0.25, 0.3) is 0 Å². The molecule has 28 heavy (non-hydrogen) atoms. The smallest absolute Gasteiger partial charge is 0.220 e. The molecular formula is C23H29N3O2. The van der Waals surface area contributed by atoms with Crippen LogP contribution < -0.4 is 20.3 Å². The summed E-state index contributed by atoms with van der Waals surface area (Å²) in [5.41, 5.74) is 3.67. The topological polar surface area (TPSA) is 53.6 Å². The van der Waals surface area contributed by atoms with E-state index < -0.39 is 0 Å². The number of hydrogen-bond donors (Lipinski definition) is 2. The molecule has 1 atom stereocenters. The minimum Gasteiger partial charge on any atom is -0.497 e. The van der Waals surface area contributed by atoms with E-state index in [0.717, 1.165) is 44.6 Å². The molecular weight excluding hydrogens is 350 g/mol. The lowest BCUT2D eigenvalue weighted by Crippen LogP contribution is -2.46. The van der Waals surface area contributed by atoms with Crippen LogP contribution in [0.2, 0.25) is 0 Å². The lowest BCUT2D eigenvalue weighted by Gasteiger charge is -2.34. The molecule has 148 valence electrons. The fourth-order valence-electron chi connectivity index (χ4n) is 4.17. The van der Waals surface area contributed by atoms with Gasteiger partial charge in [-0.1, -0.05) is 24.3 Å². The molecule has 5 heteroatoms. The predicted molar refractivity (Wildman–Crippen MR) is 113 cm³/mol. The van der Waals surface area contributed by atoms with Crippen LogP contribution in [-0.4, -0.2) is 44.7 Å². The molecule has 2 N–H and O–H groups in total. The minimum atomic E-state index is 0.192. The number of nitrogens with zero attached hydrogens (tertiary/aromatic N) is 1. The van der Waals surface area contributed by atoms with Crippen LogP contribution in [0.5, 0.6) is 5.75 Å². The zero-order chi connectivity index (χ0) is 19.3. The van der Waals surface area contributed by atoms with Gasteiger partial charge in [-0.2, -0.15) is 0 Å². The maximum Gasteiger partial charge on any atom is 0.220 e. The number of benzene rings is 2. The number of amides is 1. The van der Waals surface area contributed by atoms with Gasteiger partial charge in [-0.3, -0.25) is 4.79 Å². The quantitative estimate of drug-likeness (QED) is 0.809. The number of nitrogens with one attached hydrogen (secondary N) is 2. The number of rotatable bonds is 6. The van der Waals surface area contributed by atoms with E-state index >= 15 is 0 Å². The van der Waals surface area contributed by atoms with Crippen molar-refractivity contribution < 1.29 is 9.53 Å². The molecule has 2 fully saturated rings. The first kappa shape index (κ1) is 18.8. The SMILES string of the molecule is COc1cccc(-c2cccc(N3CCC(NCC4CCC(=O)N4)CC3)c2)c1. The fourth-order valence-corrected chi connectivity index (χ4v) is 4.17. The Balaban J connectivity index is 1.33. The maximum atomic E-state index is 11.3. The Kier molecular flexibility index (Phi) is 5.81. The van der Waals surface area contributed by atoms with Gasteiger partial charge in [0.1, 0.15) is 5.75 Å². The summed E-state index contributed by atoms with van der Waals surface area (Å²) in [5, 5.41) is 6.69. The van der Waals surface area contributed by atoms with E-state index in [9.17, 15) is 4.79 Å². The van der Waals surface area contributed by atoms with Crippen LogP contribution in [0.1, 0.15) is 25.7 Å². The third-order valence-corrected chi connectivity index (χ3v) is 5.85. The second-order valence-corrected chi connectivity index (χ2v) is 7.75. The first-order valence-electron chi connectivity index (χ1n) is 10.2. The highest BCUT2D eigenvalue weighted by Crippen LogP contribution is 2.28. The second kappa shape index (κ2) is 8.65. The molecule has 2 aromatic rings. The fraction of sp³-hybridized carbons (Fsp3) is 0.435. The van der Waals surface area contributed by atoms with Gasteiger partial charge in [-0.25, -0.2) is 0 Å². The first-order chi connectivity index (χ1) is 13.7. The van der Waals surface area contributed by atoms with Crippen LogP contribution in [0.25, 0.3) is 11.1 Å². The summed E-state index contributed by atoms with van der Waals surface area (Å²) in [7, 11) is 1.70. The van der Waals surface area contributed by atoms with E-state index in [1.165, 1.54) is 16.8 Å². The van der Waals surface area contributed by atoms with Crippen molar-refractivity contribution in [3.8, 4) is 16.9 Å². The summed E-state index contributed by atoms with van der Waals surface area (Å²) < 4.78 is 5.36. The summed E-state index contributed by atoms with van der Waals surface area (Å²) >= 11 is 0. The number of carbonyl (C=O) groups excluding carboxylic acids is 1. The largest absolute Gasteiger partial charge is 0.497 e. The van der Waals surface area contributed by atoms with Crippen molar-refractivity contribution in [2.45, 2.75) is 37.8 Å². The van der Waals surface area contributed by atoms with Gasteiger partial charge in [0.15, 0.2) is 0 Å². The van der Waals surface area contributed by atoms with Crippen LogP contribution in [0.15, 0.2) is 48.5 Å². The molecule has 4 rings (SSSR count). The Hall–Kier alpha value is -2.53. The summed E-state index contributed by atoms with van der Waals surface area (Å²) in [6.07, 6.45) is 3.89. The highest BCUT2D eigenvalue weighted by atomic mass is 16.5. The average molecular weight is 380 g/mol. The van der Waals surface area contributed by atoms with Crippen LogP contribution in [-0.2, 0) is 4.79 Å². The van der Waals surface area contributed by atoms with Gasteiger partial charge in [-0.05, 0) is 54.7 Å². The van der Waals surface area contributed by atoms with Crippen molar-refractivity contribution >= 4 is 11.6 Å². The standard InChI is InChI=1S/C23H29N3O2/c1-28-22-7-3-5-18(15-22)17-4-2-6-21(14-17)26-12-10-19(11-13-26)24-16-20-8-9-23(27)25-20/h2-7,14-15,19-20,24H,8-13,16H2,1H3,(H,25,27). The van der Waals surface area contributed by atoms with Gasteiger partial charge in [0.2, 0.25) is 5.91 Å². The first-order valence-corrected chi connectivity index (χ1v) is 10.2. The van der Waals surface area contributed by atoms with Gasteiger partial charge >= 0.3 is 0 Å². The predicted octanol–water partition coefficient (Wildman–Crippen LogP) is 3.20. The van der Waals surface area contributed by atoms with Crippen molar-refractivity contribution in [1.29, 1.82) is 0 Å². The molecule has 0 bridgehead atoms. The average Bonchev–Trinajstić information content (AvgIpc) is 3.18. The van der Waals surface area contributed by atoms with Gasteiger partial charge in [0, 0.05) is 43.8 Å².